The lowest BCUT2D eigenvalue weighted by Gasteiger charge is -2.26. The topological polar surface area (TPSA) is 59.2 Å². The lowest BCUT2D eigenvalue weighted by molar-refractivity contribution is -0.141. The largest absolute Gasteiger partial charge is 0.433 e. The van der Waals surface area contributed by atoms with Gasteiger partial charge < -0.3 is 10.6 Å². The van der Waals surface area contributed by atoms with Crippen LogP contribution in [-0.2, 0) is 17.4 Å². The Morgan fingerprint density at radius 2 is 1.92 bits per heavy atom. The minimum atomic E-state index is -4.56. The van der Waals surface area contributed by atoms with Crippen molar-refractivity contribution in [3.05, 3.63) is 52.7 Å². The monoisotopic (exact) mass is 355 g/mol. The van der Waals surface area contributed by atoms with Crippen molar-refractivity contribution in [3.8, 4) is 0 Å². The van der Waals surface area contributed by atoms with E-state index in [2.05, 4.69) is 4.98 Å². The van der Waals surface area contributed by atoms with Crippen LogP contribution in [0.15, 0.2) is 36.4 Å². The van der Waals surface area contributed by atoms with E-state index in [0.717, 1.165) is 6.07 Å². The average molecular weight is 356 g/mol. The minimum absolute atomic E-state index is 0.0283. The van der Waals surface area contributed by atoms with E-state index < -0.39 is 17.9 Å². The summed E-state index contributed by atoms with van der Waals surface area (Å²) in [6.45, 7) is 0.0283. The first kappa shape index (κ1) is 16.7. The summed E-state index contributed by atoms with van der Waals surface area (Å²) in [5.74, 6) is -0.155. The van der Waals surface area contributed by atoms with Crippen molar-refractivity contribution in [1.82, 2.24) is 4.98 Å². The Kier molecular flexibility index (Phi) is 4.23. The Balaban J connectivity index is 2.14. The maximum absolute atomic E-state index is 12.9. The molecule has 1 atom stereocenters. The highest BCUT2D eigenvalue weighted by Gasteiger charge is 2.34. The van der Waals surface area contributed by atoms with Gasteiger partial charge in [0.05, 0.1) is 6.04 Å². The van der Waals surface area contributed by atoms with Crippen LogP contribution in [0.3, 0.4) is 0 Å². The van der Waals surface area contributed by atoms with Gasteiger partial charge in [0.25, 0.3) is 0 Å². The molecule has 0 bridgehead atoms. The van der Waals surface area contributed by atoms with Crippen molar-refractivity contribution in [1.29, 1.82) is 0 Å². The predicted octanol–water partition coefficient (Wildman–Crippen LogP) is 3.34. The molecule has 1 aromatic carbocycles. The van der Waals surface area contributed by atoms with Crippen LogP contribution in [0.25, 0.3) is 0 Å². The van der Waals surface area contributed by atoms with Crippen LogP contribution in [0.4, 0.5) is 24.7 Å². The van der Waals surface area contributed by atoms with Crippen LogP contribution in [0.2, 0.25) is 5.02 Å². The Hall–Kier alpha value is -2.12. The molecule has 2 heterocycles. The summed E-state index contributed by atoms with van der Waals surface area (Å²) in [6.07, 6.45) is -4.53. The van der Waals surface area contributed by atoms with E-state index in [1.165, 1.54) is 17.0 Å². The number of nitrogens with zero attached hydrogens (tertiary/aromatic N) is 2. The number of pyridine rings is 1. The van der Waals surface area contributed by atoms with Gasteiger partial charge in [-0.05, 0) is 24.3 Å². The quantitative estimate of drug-likeness (QED) is 0.852. The molecule has 0 aliphatic carbocycles. The first-order valence-electron chi connectivity index (χ1n) is 7.15. The molecular weight excluding hydrogens is 343 g/mol. The molecule has 1 aromatic heterocycles. The average Bonchev–Trinajstić information content (AvgIpc) is 2.65. The number of halogens is 4. The molecule has 24 heavy (non-hydrogen) atoms. The van der Waals surface area contributed by atoms with E-state index in [1.807, 2.05) is 0 Å². The van der Waals surface area contributed by atoms with Gasteiger partial charge in [0, 0.05) is 29.2 Å². The molecule has 8 heteroatoms. The summed E-state index contributed by atoms with van der Waals surface area (Å²) < 4.78 is 38.8. The lowest BCUT2D eigenvalue weighted by Crippen LogP contribution is -2.40. The van der Waals surface area contributed by atoms with E-state index in [9.17, 15) is 18.0 Å². The fraction of sp³-hybridized carbons (Fsp3) is 0.250. The van der Waals surface area contributed by atoms with E-state index >= 15 is 0 Å². The Bertz CT molecular complexity index is 794. The third-order valence-corrected chi connectivity index (χ3v) is 4.18. The number of carbonyl (C=O) groups excluding carboxylic acids is 1. The summed E-state index contributed by atoms with van der Waals surface area (Å²) >= 11 is 6.16. The molecule has 2 aromatic rings. The second-order valence-corrected chi connectivity index (χ2v) is 5.88. The van der Waals surface area contributed by atoms with Gasteiger partial charge in [-0.15, -0.1) is 0 Å². The minimum Gasteiger partial charge on any atom is -0.324 e. The number of rotatable bonds is 1. The van der Waals surface area contributed by atoms with Crippen molar-refractivity contribution in [2.45, 2.75) is 18.6 Å². The van der Waals surface area contributed by atoms with E-state index in [4.69, 9.17) is 17.3 Å². The standard InChI is InChI=1S/C16H13ClF3N3O/c17-10-3-1-4-12-9(10)7-13(24)11(21)8-23(12)15-6-2-5-14(22-15)16(18,19)20/h1-6,11H,7-8,21H2/t11-/m0/s1. The zero-order valence-corrected chi connectivity index (χ0v) is 13.1. The first-order valence-corrected chi connectivity index (χ1v) is 7.52. The highest BCUT2D eigenvalue weighted by molar-refractivity contribution is 6.32. The number of anilines is 2. The number of alkyl halides is 3. The van der Waals surface area contributed by atoms with Gasteiger partial charge in [-0.2, -0.15) is 13.2 Å². The number of benzene rings is 1. The van der Waals surface area contributed by atoms with Crippen LogP contribution in [0.5, 0.6) is 0 Å². The molecule has 0 radical (unpaired) electrons. The van der Waals surface area contributed by atoms with Crippen molar-refractivity contribution in [3.63, 3.8) is 0 Å². The predicted molar refractivity (Wildman–Crippen MR) is 84.4 cm³/mol. The van der Waals surface area contributed by atoms with Gasteiger partial charge in [-0.25, -0.2) is 4.98 Å². The summed E-state index contributed by atoms with van der Waals surface area (Å²) in [7, 11) is 0. The SMILES string of the molecule is N[C@H]1CN(c2cccc(C(F)(F)F)n2)c2cccc(Cl)c2CC1=O. The third-order valence-electron chi connectivity index (χ3n) is 3.83. The fourth-order valence-corrected chi connectivity index (χ4v) is 2.86. The number of nitrogens with two attached hydrogens (primary N) is 1. The van der Waals surface area contributed by atoms with E-state index in [0.29, 0.717) is 16.3 Å². The number of Topliss-reactive ketones (excluding diaryl/α,β-unsaturated/α-hetero) is 1. The van der Waals surface area contributed by atoms with Crippen molar-refractivity contribution < 1.29 is 18.0 Å². The molecule has 3 rings (SSSR count). The summed E-state index contributed by atoms with van der Waals surface area (Å²) in [5, 5.41) is 0.368. The van der Waals surface area contributed by atoms with Crippen LogP contribution < -0.4 is 10.6 Å². The number of fused-ring (bicyclic) bond motifs is 1. The number of aromatic nitrogens is 1. The molecule has 1 aliphatic rings. The number of carbonyl (C=O) groups is 1. The molecule has 126 valence electrons. The van der Waals surface area contributed by atoms with Crippen molar-refractivity contribution >= 4 is 28.9 Å². The molecule has 2 N–H and O–H groups in total. The zero-order chi connectivity index (χ0) is 17.5. The summed E-state index contributed by atoms with van der Waals surface area (Å²) in [6, 6.07) is 7.76. The van der Waals surface area contributed by atoms with Gasteiger partial charge in [0.2, 0.25) is 0 Å². The van der Waals surface area contributed by atoms with Gasteiger partial charge in [-0.1, -0.05) is 23.7 Å². The van der Waals surface area contributed by atoms with E-state index in [1.54, 1.807) is 18.2 Å². The van der Waals surface area contributed by atoms with Crippen LogP contribution in [0.1, 0.15) is 11.3 Å². The smallest absolute Gasteiger partial charge is 0.324 e. The molecule has 0 spiro atoms. The molecule has 1 aliphatic heterocycles. The second kappa shape index (κ2) is 6.07. The first-order chi connectivity index (χ1) is 11.3. The highest BCUT2D eigenvalue weighted by Crippen LogP contribution is 2.36. The van der Waals surface area contributed by atoms with Crippen LogP contribution in [-0.4, -0.2) is 23.4 Å². The zero-order valence-electron chi connectivity index (χ0n) is 12.3. The Labute approximate surface area is 141 Å². The maximum atomic E-state index is 12.9. The second-order valence-electron chi connectivity index (χ2n) is 5.48. The number of ketones is 1. The summed E-state index contributed by atoms with van der Waals surface area (Å²) in [5.41, 5.74) is 5.94. The Morgan fingerprint density at radius 3 is 2.62 bits per heavy atom. The molecular formula is C16H13ClF3N3O. The van der Waals surface area contributed by atoms with Crippen molar-refractivity contribution in [2.24, 2.45) is 5.73 Å². The third kappa shape index (κ3) is 3.09. The fourth-order valence-electron chi connectivity index (χ4n) is 2.63. The Morgan fingerprint density at radius 1 is 1.21 bits per heavy atom. The van der Waals surface area contributed by atoms with Crippen LogP contribution in [0, 0.1) is 0 Å². The van der Waals surface area contributed by atoms with Crippen LogP contribution >= 0.6 is 11.6 Å². The summed E-state index contributed by atoms with van der Waals surface area (Å²) in [4.78, 5) is 17.3. The molecule has 0 amide bonds. The molecule has 0 unspecified atom stereocenters. The lowest BCUT2D eigenvalue weighted by atomic mass is 10.1. The van der Waals surface area contributed by atoms with Gasteiger partial charge >= 0.3 is 6.18 Å². The van der Waals surface area contributed by atoms with Gasteiger partial charge in [0.15, 0.2) is 5.78 Å². The highest BCUT2D eigenvalue weighted by atomic mass is 35.5. The molecule has 0 saturated carbocycles. The van der Waals surface area contributed by atoms with Gasteiger partial charge in [-0.3, -0.25) is 4.79 Å². The maximum Gasteiger partial charge on any atom is 0.433 e. The molecule has 0 saturated heterocycles. The van der Waals surface area contributed by atoms with E-state index in [-0.39, 0.29) is 24.6 Å². The molecule has 0 fully saturated rings. The number of hydrogen-bond acceptors (Lipinski definition) is 4. The molecule has 4 nitrogen and oxygen atoms in total. The van der Waals surface area contributed by atoms with Crippen molar-refractivity contribution in [2.75, 3.05) is 11.4 Å². The normalized spacial score (nSPS) is 18.3. The number of hydrogen-bond donors (Lipinski definition) is 1. The van der Waals surface area contributed by atoms with Gasteiger partial charge in [0.1, 0.15) is 11.5 Å².